The molecule has 2 aromatic rings. The molecule has 0 heterocycles. The highest BCUT2D eigenvalue weighted by Crippen LogP contribution is 2.32. The van der Waals surface area contributed by atoms with Gasteiger partial charge in [0.1, 0.15) is 5.82 Å². The molecule has 0 saturated carbocycles. The van der Waals surface area contributed by atoms with Gasteiger partial charge in [-0.1, -0.05) is 35.3 Å². The zero-order valence-corrected chi connectivity index (χ0v) is 12.2. The van der Waals surface area contributed by atoms with Crippen molar-refractivity contribution in [1.29, 1.82) is 0 Å². The molecule has 0 aliphatic heterocycles. The summed E-state index contributed by atoms with van der Waals surface area (Å²) < 4.78 is 13.2. The van der Waals surface area contributed by atoms with Crippen LogP contribution in [0.2, 0.25) is 10.0 Å². The van der Waals surface area contributed by atoms with Crippen molar-refractivity contribution in [2.24, 2.45) is 0 Å². The van der Waals surface area contributed by atoms with E-state index in [1.54, 1.807) is 12.1 Å². The van der Waals surface area contributed by atoms with Gasteiger partial charge in [0.2, 0.25) is 0 Å². The predicted molar refractivity (Wildman–Crippen MR) is 79.3 cm³/mol. The average Bonchev–Trinajstić information content (AvgIpc) is 2.41. The molecule has 1 nitrogen and oxygen atoms in total. The summed E-state index contributed by atoms with van der Waals surface area (Å²) in [4.78, 5) is 0. The van der Waals surface area contributed by atoms with Gasteiger partial charge in [0.15, 0.2) is 0 Å². The van der Waals surface area contributed by atoms with Crippen molar-refractivity contribution < 1.29 is 4.39 Å². The SMILES string of the molecule is CNC(C)c1ccc(Cl)c(-c2ccc(F)c(Cl)c2)c1. The van der Waals surface area contributed by atoms with Crippen molar-refractivity contribution in [3.05, 3.63) is 57.8 Å². The third kappa shape index (κ3) is 3.08. The van der Waals surface area contributed by atoms with Crippen LogP contribution in [-0.4, -0.2) is 7.05 Å². The minimum Gasteiger partial charge on any atom is -0.313 e. The quantitative estimate of drug-likeness (QED) is 0.833. The summed E-state index contributed by atoms with van der Waals surface area (Å²) in [6.07, 6.45) is 0. The van der Waals surface area contributed by atoms with Gasteiger partial charge in [0.05, 0.1) is 5.02 Å². The molecule has 0 radical (unpaired) electrons. The Kier molecular flexibility index (Phi) is 4.46. The van der Waals surface area contributed by atoms with Crippen molar-refractivity contribution >= 4 is 23.2 Å². The number of rotatable bonds is 3. The third-order valence-electron chi connectivity index (χ3n) is 3.15. The normalized spacial score (nSPS) is 12.5. The molecule has 4 heteroatoms. The maximum Gasteiger partial charge on any atom is 0.141 e. The van der Waals surface area contributed by atoms with Crippen LogP contribution in [0.15, 0.2) is 36.4 Å². The molecule has 1 N–H and O–H groups in total. The second kappa shape index (κ2) is 5.91. The largest absolute Gasteiger partial charge is 0.313 e. The van der Waals surface area contributed by atoms with E-state index in [2.05, 4.69) is 12.2 Å². The Morgan fingerprint density at radius 1 is 1.05 bits per heavy atom. The van der Waals surface area contributed by atoms with Crippen LogP contribution in [0.3, 0.4) is 0 Å². The Morgan fingerprint density at radius 3 is 2.42 bits per heavy atom. The summed E-state index contributed by atoms with van der Waals surface area (Å²) in [7, 11) is 1.90. The molecule has 0 aliphatic carbocycles. The van der Waals surface area contributed by atoms with Crippen LogP contribution in [0, 0.1) is 5.82 Å². The van der Waals surface area contributed by atoms with E-state index >= 15 is 0 Å². The fraction of sp³-hybridized carbons (Fsp3) is 0.200. The average molecular weight is 298 g/mol. The molecule has 19 heavy (non-hydrogen) atoms. The Balaban J connectivity index is 2.51. The highest BCUT2D eigenvalue weighted by Gasteiger charge is 2.10. The molecule has 1 atom stereocenters. The van der Waals surface area contributed by atoms with Gasteiger partial charge in [-0.2, -0.15) is 0 Å². The lowest BCUT2D eigenvalue weighted by Gasteiger charge is -2.13. The molecule has 2 rings (SSSR count). The van der Waals surface area contributed by atoms with Crippen molar-refractivity contribution in [2.45, 2.75) is 13.0 Å². The topological polar surface area (TPSA) is 12.0 Å². The van der Waals surface area contributed by atoms with Gasteiger partial charge >= 0.3 is 0 Å². The molecule has 0 amide bonds. The van der Waals surface area contributed by atoms with E-state index in [1.807, 2.05) is 25.2 Å². The Bertz CT molecular complexity index is 599. The van der Waals surface area contributed by atoms with Gasteiger partial charge in [-0.3, -0.25) is 0 Å². The lowest BCUT2D eigenvalue weighted by Crippen LogP contribution is -2.12. The van der Waals surface area contributed by atoms with E-state index in [0.29, 0.717) is 5.02 Å². The maximum atomic E-state index is 13.2. The van der Waals surface area contributed by atoms with Crippen molar-refractivity contribution in [2.75, 3.05) is 7.05 Å². The zero-order chi connectivity index (χ0) is 14.0. The Labute approximate surface area is 122 Å². The van der Waals surface area contributed by atoms with E-state index in [-0.39, 0.29) is 11.1 Å². The van der Waals surface area contributed by atoms with Gasteiger partial charge < -0.3 is 5.32 Å². The number of hydrogen-bond acceptors (Lipinski definition) is 1. The summed E-state index contributed by atoms with van der Waals surface area (Å²) in [6, 6.07) is 10.6. The van der Waals surface area contributed by atoms with Crippen LogP contribution in [0.4, 0.5) is 4.39 Å². The van der Waals surface area contributed by atoms with Crippen LogP contribution in [0.25, 0.3) is 11.1 Å². The van der Waals surface area contributed by atoms with Gasteiger partial charge in [-0.05, 0) is 49.4 Å². The first-order chi connectivity index (χ1) is 9.02. The molecule has 0 aromatic heterocycles. The molecule has 0 saturated heterocycles. The van der Waals surface area contributed by atoms with E-state index in [4.69, 9.17) is 23.2 Å². The van der Waals surface area contributed by atoms with E-state index in [1.165, 1.54) is 6.07 Å². The van der Waals surface area contributed by atoms with Crippen molar-refractivity contribution in [3.63, 3.8) is 0 Å². The molecule has 0 bridgehead atoms. The fourth-order valence-electron chi connectivity index (χ4n) is 1.86. The van der Waals surface area contributed by atoms with Crippen molar-refractivity contribution in [1.82, 2.24) is 5.32 Å². The zero-order valence-electron chi connectivity index (χ0n) is 10.7. The smallest absolute Gasteiger partial charge is 0.141 e. The maximum absolute atomic E-state index is 13.2. The van der Waals surface area contributed by atoms with E-state index < -0.39 is 5.82 Å². The van der Waals surface area contributed by atoms with Crippen LogP contribution < -0.4 is 5.32 Å². The highest BCUT2D eigenvalue weighted by atomic mass is 35.5. The molecular formula is C15H14Cl2FN. The number of halogens is 3. The lowest BCUT2D eigenvalue weighted by atomic mass is 10.00. The summed E-state index contributed by atoms with van der Waals surface area (Å²) in [5.41, 5.74) is 2.77. The third-order valence-corrected chi connectivity index (χ3v) is 3.77. The summed E-state index contributed by atoms with van der Waals surface area (Å²) in [5, 5.41) is 3.89. The first-order valence-corrected chi connectivity index (χ1v) is 6.70. The molecular weight excluding hydrogens is 284 g/mol. The molecule has 0 fully saturated rings. The summed E-state index contributed by atoms with van der Waals surface area (Å²) >= 11 is 12.0. The second-order valence-corrected chi connectivity index (χ2v) is 5.19. The highest BCUT2D eigenvalue weighted by molar-refractivity contribution is 6.33. The standard InChI is InChI=1S/C15H14Cl2FN/c1-9(19-2)10-3-5-13(16)12(7-10)11-4-6-15(18)14(17)8-11/h3-9,19H,1-2H3. The fourth-order valence-corrected chi connectivity index (χ4v) is 2.27. The van der Waals surface area contributed by atoms with Crippen LogP contribution in [-0.2, 0) is 0 Å². The van der Waals surface area contributed by atoms with Crippen LogP contribution >= 0.6 is 23.2 Å². The first-order valence-electron chi connectivity index (χ1n) is 5.95. The van der Waals surface area contributed by atoms with Gasteiger partial charge in [-0.25, -0.2) is 4.39 Å². The molecule has 0 spiro atoms. The molecule has 2 aromatic carbocycles. The van der Waals surface area contributed by atoms with Crippen LogP contribution in [0.5, 0.6) is 0 Å². The molecule has 1 unspecified atom stereocenters. The number of nitrogens with one attached hydrogen (secondary N) is 1. The molecule has 100 valence electrons. The van der Waals surface area contributed by atoms with Crippen LogP contribution in [0.1, 0.15) is 18.5 Å². The lowest BCUT2D eigenvalue weighted by molar-refractivity contribution is 0.628. The minimum absolute atomic E-state index is 0.0978. The van der Waals surface area contributed by atoms with E-state index in [0.717, 1.165) is 16.7 Å². The molecule has 0 aliphatic rings. The van der Waals surface area contributed by atoms with Crippen molar-refractivity contribution in [3.8, 4) is 11.1 Å². The first kappa shape index (κ1) is 14.3. The van der Waals surface area contributed by atoms with E-state index in [9.17, 15) is 4.39 Å². The summed E-state index contributed by atoms with van der Waals surface area (Å²) in [5.74, 6) is -0.429. The number of benzene rings is 2. The van der Waals surface area contributed by atoms with Gasteiger partial charge in [0, 0.05) is 16.6 Å². The Hall–Kier alpha value is -1.09. The van der Waals surface area contributed by atoms with Gasteiger partial charge in [0.25, 0.3) is 0 Å². The summed E-state index contributed by atoms with van der Waals surface area (Å²) in [6.45, 7) is 2.06. The second-order valence-electron chi connectivity index (χ2n) is 4.38. The Morgan fingerprint density at radius 2 is 1.79 bits per heavy atom. The number of hydrogen-bond donors (Lipinski definition) is 1. The monoisotopic (exact) mass is 297 g/mol. The predicted octanol–water partition coefficient (Wildman–Crippen LogP) is 5.08. The van der Waals surface area contributed by atoms with Gasteiger partial charge in [-0.15, -0.1) is 0 Å². The minimum atomic E-state index is -0.429.